The predicted molar refractivity (Wildman–Crippen MR) is 92.4 cm³/mol. The first kappa shape index (κ1) is 15.5. The minimum atomic E-state index is -1.58. The molecule has 1 aromatic carbocycles. The molecule has 0 aliphatic heterocycles. The van der Waals surface area contributed by atoms with Crippen molar-refractivity contribution in [1.29, 1.82) is 0 Å². The lowest BCUT2D eigenvalue weighted by Gasteiger charge is -2.28. The summed E-state index contributed by atoms with van der Waals surface area (Å²) in [5.74, 6) is -1.10. The Morgan fingerprint density at radius 3 is 2.80 bits per heavy atom. The number of alkyl halides is 1. The Balaban J connectivity index is 1.80. The van der Waals surface area contributed by atoms with Gasteiger partial charge in [0.25, 0.3) is 0 Å². The summed E-state index contributed by atoms with van der Waals surface area (Å²) in [6.45, 7) is 0. The highest BCUT2D eigenvalue weighted by Crippen LogP contribution is 2.30. The Kier molecular flexibility index (Phi) is 3.43. The van der Waals surface area contributed by atoms with E-state index in [1.165, 1.54) is 24.4 Å². The van der Waals surface area contributed by atoms with Crippen molar-refractivity contribution in [3.8, 4) is 0 Å². The van der Waals surface area contributed by atoms with E-state index in [9.17, 15) is 14.3 Å². The van der Waals surface area contributed by atoms with Crippen LogP contribution in [0, 0.1) is 0 Å². The number of pyridine rings is 1. The maximum Gasteiger partial charge on any atom is 0.354 e. The number of aromatic carboxylic acids is 1. The monoisotopic (exact) mass is 338 g/mol. The highest BCUT2D eigenvalue weighted by molar-refractivity contribution is 6.08. The molecule has 0 amide bonds. The van der Waals surface area contributed by atoms with Crippen LogP contribution in [0.15, 0.2) is 54.8 Å². The van der Waals surface area contributed by atoms with Crippen LogP contribution >= 0.6 is 0 Å². The van der Waals surface area contributed by atoms with Crippen molar-refractivity contribution in [3.63, 3.8) is 0 Å². The van der Waals surface area contributed by atoms with Crippen LogP contribution < -0.4 is 0 Å². The number of rotatable bonds is 3. The van der Waals surface area contributed by atoms with Gasteiger partial charge in [-0.2, -0.15) is 0 Å². The number of carbonyl (C=O) groups is 1. The molecule has 2 heterocycles. The Morgan fingerprint density at radius 2 is 2.04 bits per heavy atom. The van der Waals surface area contributed by atoms with Gasteiger partial charge in [-0.3, -0.25) is 0 Å². The zero-order chi connectivity index (χ0) is 17.6. The highest BCUT2D eigenvalue weighted by atomic mass is 19.1. The highest BCUT2D eigenvalue weighted by Gasteiger charge is 2.34. The van der Waals surface area contributed by atoms with E-state index >= 15 is 0 Å². The maximum absolute atomic E-state index is 14.1. The number of aromatic amines is 1. The lowest BCUT2D eigenvalue weighted by atomic mass is 9.86. The van der Waals surface area contributed by atoms with E-state index in [0.717, 1.165) is 27.4 Å². The van der Waals surface area contributed by atoms with Gasteiger partial charge >= 0.3 is 5.97 Å². The SMILES string of the molecule is O=C(O)c1cc2c(cn1)[nH]c1ccc(CC3(O)C=CC=CC3F)cc12. The van der Waals surface area contributed by atoms with Gasteiger partial charge in [0, 0.05) is 22.7 Å². The summed E-state index contributed by atoms with van der Waals surface area (Å²) >= 11 is 0. The smallest absolute Gasteiger partial charge is 0.354 e. The van der Waals surface area contributed by atoms with Crippen LogP contribution in [0.4, 0.5) is 4.39 Å². The summed E-state index contributed by atoms with van der Waals surface area (Å²) in [7, 11) is 0. The zero-order valence-corrected chi connectivity index (χ0v) is 13.1. The Bertz CT molecular complexity index is 1050. The lowest BCUT2D eigenvalue weighted by molar-refractivity contribution is 0.0274. The van der Waals surface area contributed by atoms with E-state index in [-0.39, 0.29) is 12.1 Å². The summed E-state index contributed by atoms with van der Waals surface area (Å²) in [6, 6.07) is 7.01. The third-order valence-corrected chi connectivity index (χ3v) is 4.51. The second-order valence-electron chi connectivity index (χ2n) is 6.24. The fourth-order valence-electron chi connectivity index (χ4n) is 3.20. The number of fused-ring (bicyclic) bond motifs is 3. The van der Waals surface area contributed by atoms with Crippen molar-refractivity contribution >= 4 is 27.8 Å². The molecule has 6 heteroatoms. The van der Waals surface area contributed by atoms with E-state index in [0.29, 0.717) is 0 Å². The molecule has 3 aromatic rings. The number of H-pyrrole nitrogens is 1. The van der Waals surface area contributed by atoms with E-state index in [1.54, 1.807) is 12.2 Å². The molecule has 0 saturated heterocycles. The van der Waals surface area contributed by atoms with Crippen LogP contribution in [-0.4, -0.2) is 37.9 Å². The molecule has 1 aliphatic rings. The van der Waals surface area contributed by atoms with Gasteiger partial charge < -0.3 is 15.2 Å². The molecule has 0 saturated carbocycles. The van der Waals surface area contributed by atoms with Crippen LogP contribution in [0.5, 0.6) is 0 Å². The van der Waals surface area contributed by atoms with E-state index in [4.69, 9.17) is 5.11 Å². The van der Waals surface area contributed by atoms with Gasteiger partial charge in [0.1, 0.15) is 11.3 Å². The van der Waals surface area contributed by atoms with Gasteiger partial charge in [-0.05, 0) is 35.9 Å². The Hall–Kier alpha value is -2.99. The topological polar surface area (TPSA) is 86.2 Å². The number of hydrogen-bond donors (Lipinski definition) is 3. The molecule has 5 nitrogen and oxygen atoms in total. The molecular weight excluding hydrogens is 323 g/mol. The van der Waals surface area contributed by atoms with E-state index in [2.05, 4.69) is 9.97 Å². The fourth-order valence-corrected chi connectivity index (χ4v) is 3.20. The number of allylic oxidation sites excluding steroid dienone is 2. The third-order valence-electron chi connectivity index (χ3n) is 4.51. The average molecular weight is 338 g/mol. The summed E-state index contributed by atoms with van der Waals surface area (Å²) < 4.78 is 14.1. The van der Waals surface area contributed by atoms with Crippen molar-refractivity contribution < 1.29 is 19.4 Å². The van der Waals surface area contributed by atoms with Crippen molar-refractivity contribution in [2.75, 3.05) is 0 Å². The van der Waals surface area contributed by atoms with Crippen molar-refractivity contribution in [1.82, 2.24) is 9.97 Å². The first-order valence-corrected chi connectivity index (χ1v) is 7.82. The molecule has 4 rings (SSSR count). The van der Waals surface area contributed by atoms with E-state index < -0.39 is 17.7 Å². The second-order valence-corrected chi connectivity index (χ2v) is 6.24. The first-order chi connectivity index (χ1) is 12.0. The molecule has 0 radical (unpaired) electrons. The molecule has 2 atom stereocenters. The maximum atomic E-state index is 14.1. The summed E-state index contributed by atoms with van der Waals surface area (Å²) in [4.78, 5) is 18.2. The number of carboxylic acid groups (broad SMARTS) is 1. The van der Waals surface area contributed by atoms with Crippen LogP contribution in [0.1, 0.15) is 16.1 Å². The van der Waals surface area contributed by atoms with Gasteiger partial charge in [-0.25, -0.2) is 14.2 Å². The molecule has 0 fully saturated rings. The Labute approximate surface area is 142 Å². The quantitative estimate of drug-likeness (QED) is 0.685. The molecule has 0 spiro atoms. The number of nitrogens with one attached hydrogen (secondary N) is 1. The zero-order valence-electron chi connectivity index (χ0n) is 13.1. The number of aliphatic hydroxyl groups is 1. The number of carboxylic acids is 1. The van der Waals surface area contributed by atoms with Gasteiger partial charge in [0.05, 0.1) is 11.7 Å². The van der Waals surface area contributed by atoms with E-state index in [1.807, 2.05) is 18.2 Å². The van der Waals surface area contributed by atoms with Gasteiger partial charge in [-0.15, -0.1) is 0 Å². The molecule has 2 unspecified atom stereocenters. The summed E-state index contributed by atoms with van der Waals surface area (Å²) in [5.41, 5.74) is 0.682. The third kappa shape index (κ3) is 2.60. The number of halogens is 1. The molecule has 2 aromatic heterocycles. The van der Waals surface area contributed by atoms with Gasteiger partial charge in [-0.1, -0.05) is 18.2 Å². The first-order valence-electron chi connectivity index (χ1n) is 7.82. The average Bonchev–Trinajstić information content (AvgIpc) is 2.95. The Morgan fingerprint density at radius 1 is 1.24 bits per heavy atom. The van der Waals surface area contributed by atoms with Crippen LogP contribution in [0.3, 0.4) is 0 Å². The molecule has 3 N–H and O–H groups in total. The molecular formula is C19H15FN2O3. The summed E-state index contributed by atoms with van der Waals surface area (Å²) in [6.07, 6.45) is 6.12. The normalized spacial score (nSPS) is 22.7. The summed E-state index contributed by atoms with van der Waals surface area (Å²) in [5, 5.41) is 21.2. The lowest BCUT2D eigenvalue weighted by Crippen LogP contribution is -2.39. The molecule has 126 valence electrons. The fraction of sp³-hybridized carbons (Fsp3) is 0.158. The largest absolute Gasteiger partial charge is 0.477 e. The molecule has 25 heavy (non-hydrogen) atoms. The van der Waals surface area contributed by atoms with Crippen molar-refractivity contribution in [2.24, 2.45) is 0 Å². The minimum absolute atomic E-state index is 0.0402. The minimum Gasteiger partial charge on any atom is -0.477 e. The molecule has 0 bridgehead atoms. The van der Waals surface area contributed by atoms with Crippen LogP contribution in [0.2, 0.25) is 0 Å². The number of hydrogen-bond acceptors (Lipinski definition) is 3. The van der Waals surface area contributed by atoms with Crippen LogP contribution in [-0.2, 0) is 6.42 Å². The van der Waals surface area contributed by atoms with Gasteiger partial charge in [0.15, 0.2) is 6.17 Å². The van der Waals surface area contributed by atoms with Crippen molar-refractivity contribution in [2.45, 2.75) is 18.2 Å². The molecule has 1 aliphatic carbocycles. The number of nitrogens with zero attached hydrogens (tertiary/aromatic N) is 1. The van der Waals surface area contributed by atoms with Crippen LogP contribution in [0.25, 0.3) is 21.8 Å². The second kappa shape index (κ2) is 5.53. The van der Waals surface area contributed by atoms with Crippen molar-refractivity contribution in [3.05, 3.63) is 66.0 Å². The predicted octanol–water partition coefficient (Wildman–Crippen LogP) is 3.15. The number of aromatic nitrogens is 2. The van der Waals surface area contributed by atoms with Gasteiger partial charge in [0.2, 0.25) is 0 Å². The number of benzene rings is 1. The standard InChI is InChI=1S/C19H15FN2O3/c20-17-3-1-2-6-19(17,25)9-11-4-5-14-12(7-11)13-8-15(18(23)24)21-10-16(13)22-14/h1-8,10,17,22,25H,9H2,(H,23,24).